The van der Waals surface area contributed by atoms with Gasteiger partial charge in [-0.05, 0) is 51.3 Å². The van der Waals surface area contributed by atoms with Gasteiger partial charge in [0.1, 0.15) is 10.7 Å². The van der Waals surface area contributed by atoms with E-state index in [-0.39, 0.29) is 5.56 Å². The van der Waals surface area contributed by atoms with Crippen molar-refractivity contribution in [2.75, 3.05) is 13.1 Å². The number of nitrogens with zero attached hydrogens (tertiary/aromatic N) is 3. The third kappa shape index (κ3) is 2.84. The number of hydrogen-bond acceptors (Lipinski definition) is 4. The van der Waals surface area contributed by atoms with E-state index in [1.807, 2.05) is 11.5 Å². The lowest BCUT2D eigenvalue weighted by atomic mass is 10.2. The molecular weight excluding hydrogens is 294 g/mol. The standard InChI is InChI=1S/C17H25N3OS/c1-11(2)9-20-14(10-19-7-5-6-8-19)18-16-15(17(20)21)12(3)13(4)22-16/h11H,5-10H2,1-4H3. The summed E-state index contributed by atoms with van der Waals surface area (Å²) in [6.45, 7) is 12.2. The van der Waals surface area contributed by atoms with E-state index in [1.54, 1.807) is 11.3 Å². The van der Waals surface area contributed by atoms with E-state index in [4.69, 9.17) is 4.98 Å². The minimum Gasteiger partial charge on any atom is -0.296 e. The lowest BCUT2D eigenvalue weighted by Crippen LogP contribution is -2.31. The Balaban J connectivity index is 2.13. The van der Waals surface area contributed by atoms with Crippen LogP contribution < -0.4 is 5.56 Å². The van der Waals surface area contributed by atoms with Crippen molar-refractivity contribution in [3.63, 3.8) is 0 Å². The first-order chi connectivity index (χ1) is 10.5. The van der Waals surface area contributed by atoms with Gasteiger partial charge in [0.15, 0.2) is 0 Å². The highest BCUT2D eigenvalue weighted by Gasteiger charge is 2.20. The summed E-state index contributed by atoms with van der Waals surface area (Å²) in [5, 5.41) is 0.827. The summed E-state index contributed by atoms with van der Waals surface area (Å²) >= 11 is 1.65. The van der Waals surface area contributed by atoms with Gasteiger partial charge in [0.2, 0.25) is 0 Å². The van der Waals surface area contributed by atoms with Crippen LogP contribution in [0, 0.1) is 19.8 Å². The third-order valence-electron chi connectivity index (χ3n) is 4.48. The van der Waals surface area contributed by atoms with Crippen LogP contribution in [0.5, 0.6) is 0 Å². The molecule has 1 saturated heterocycles. The molecule has 0 unspecified atom stereocenters. The van der Waals surface area contributed by atoms with Gasteiger partial charge in [-0.15, -0.1) is 11.3 Å². The van der Waals surface area contributed by atoms with E-state index in [0.717, 1.165) is 47.8 Å². The molecule has 2 aromatic rings. The zero-order chi connectivity index (χ0) is 15.9. The van der Waals surface area contributed by atoms with Gasteiger partial charge in [-0.1, -0.05) is 13.8 Å². The van der Waals surface area contributed by atoms with E-state index in [2.05, 4.69) is 25.7 Å². The first kappa shape index (κ1) is 15.7. The Kier molecular flexibility index (Phi) is 4.37. The molecule has 1 aliphatic rings. The Morgan fingerprint density at radius 3 is 2.55 bits per heavy atom. The van der Waals surface area contributed by atoms with Crippen LogP contribution in [0.4, 0.5) is 0 Å². The minimum absolute atomic E-state index is 0.148. The van der Waals surface area contributed by atoms with Crippen molar-refractivity contribution in [1.29, 1.82) is 0 Å². The van der Waals surface area contributed by atoms with E-state index < -0.39 is 0 Å². The maximum absolute atomic E-state index is 13.0. The van der Waals surface area contributed by atoms with Gasteiger partial charge in [-0.25, -0.2) is 4.98 Å². The van der Waals surface area contributed by atoms with E-state index in [1.165, 1.54) is 17.7 Å². The van der Waals surface area contributed by atoms with Crippen LogP contribution >= 0.6 is 11.3 Å². The lowest BCUT2D eigenvalue weighted by Gasteiger charge is -2.19. The Morgan fingerprint density at radius 2 is 1.91 bits per heavy atom. The van der Waals surface area contributed by atoms with Gasteiger partial charge >= 0.3 is 0 Å². The average Bonchev–Trinajstić information content (AvgIpc) is 3.04. The predicted octanol–water partition coefficient (Wildman–Crippen LogP) is 3.33. The van der Waals surface area contributed by atoms with Crippen molar-refractivity contribution in [3.8, 4) is 0 Å². The number of rotatable bonds is 4. The van der Waals surface area contributed by atoms with Crippen LogP contribution in [0.3, 0.4) is 0 Å². The molecule has 0 aromatic carbocycles. The summed E-state index contributed by atoms with van der Waals surface area (Å²) in [7, 11) is 0. The fourth-order valence-corrected chi connectivity index (χ4v) is 4.22. The van der Waals surface area contributed by atoms with Crippen molar-refractivity contribution in [3.05, 3.63) is 26.6 Å². The Bertz CT molecular complexity index is 738. The highest BCUT2D eigenvalue weighted by atomic mass is 32.1. The lowest BCUT2D eigenvalue weighted by molar-refractivity contribution is 0.310. The minimum atomic E-state index is 0.148. The second-order valence-electron chi connectivity index (χ2n) is 6.78. The van der Waals surface area contributed by atoms with Crippen LogP contribution in [0.1, 0.15) is 43.0 Å². The smallest absolute Gasteiger partial charge is 0.262 e. The number of thiophene rings is 1. The molecular formula is C17H25N3OS. The van der Waals surface area contributed by atoms with Crippen molar-refractivity contribution in [2.45, 2.75) is 53.6 Å². The van der Waals surface area contributed by atoms with Gasteiger partial charge < -0.3 is 0 Å². The monoisotopic (exact) mass is 319 g/mol. The summed E-state index contributed by atoms with van der Waals surface area (Å²) in [5.41, 5.74) is 1.25. The van der Waals surface area contributed by atoms with E-state index in [0.29, 0.717) is 5.92 Å². The summed E-state index contributed by atoms with van der Waals surface area (Å²) < 4.78 is 1.92. The topological polar surface area (TPSA) is 38.1 Å². The second-order valence-corrected chi connectivity index (χ2v) is 7.99. The summed E-state index contributed by atoms with van der Waals surface area (Å²) in [6, 6.07) is 0. The average molecular weight is 319 g/mol. The van der Waals surface area contributed by atoms with Gasteiger partial charge in [0, 0.05) is 11.4 Å². The molecule has 0 saturated carbocycles. The van der Waals surface area contributed by atoms with Crippen LogP contribution in [-0.4, -0.2) is 27.5 Å². The molecule has 3 rings (SSSR count). The predicted molar refractivity (Wildman–Crippen MR) is 92.7 cm³/mol. The zero-order valence-electron chi connectivity index (χ0n) is 14.0. The molecule has 0 radical (unpaired) electrons. The Hall–Kier alpha value is -1.20. The first-order valence-corrected chi connectivity index (χ1v) is 9.00. The van der Waals surface area contributed by atoms with E-state index >= 15 is 0 Å². The molecule has 0 amide bonds. The summed E-state index contributed by atoms with van der Waals surface area (Å²) in [4.78, 5) is 22.4. The van der Waals surface area contributed by atoms with Gasteiger partial charge in [-0.2, -0.15) is 0 Å². The number of fused-ring (bicyclic) bond motifs is 1. The van der Waals surface area contributed by atoms with Crippen molar-refractivity contribution < 1.29 is 0 Å². The van der Waals surface area contributed by atoms with Gasteiger partial charge in [0.05, 0.1) is 11.9 Å². The van der Waals surface area contributed by atoms with Crippen molar-refractivity contribution >= 4 is 21.6 Å². The fraction of sp³-hybridized carbons (Fsp3) is 0.647. The molecule has 5 heteroatoms. The molecule has 0 aliphatic carbocycles. The highest BCUT2D eigenvalue weighted by molar-refractivity contribution is 7.18. The first-order valence-electron chi connectivity index (χ1n) is 8.19. The summed E-state index contributed by atoms with van der Waals surface area (Å²) in [5.74, 6) is 1.38. The number of hydrogen-bond donors (Lipinski definition) is 0. The number of aromatic nitrogens is 2. The SMILES string of the molecule is Cc1sc2nc(CN3CCCC3)n(CC(C)C)c(=O)c2c1C. The molecule has 1 fully saturated rings. The molecule has 22 heavy (non-hydrogen) atoms. The van der Waals surface area contributed by atoms with Crippen LogP contribution in [0.15, 0.2) is 4.79 Å². The second kappa shape index (κ2) is 6.13. The highest BCUT2D eigenvalue weighted by Crippen LogP contribution is 2.27. The maximum Gasteiger partial charge on any atom is 0.262 e. The maximum atomic E-state index is 13.0. The number of likely N-dealkylation sites (tertiary alicyclic amines) is 1. The van der Waals surface area contributed by atoms with Gasteiger partial charge in [-0.3, -0.25) is 14.3 Å². The molecule has 2 aromatic heterocycles. The quantitative estimate of drug-likeness (QED) is 0.867. The molecule has 3 heterocycles. The normalized spacial score (nSPS) is 16.2. The fourth-order valence-electron chi connectivity index (χ4n) is 3.18. The zero-order valence-corrected chi connectivity index (χ0v) is 14.8. The molecule has 0 N–H and O–H groups in total. The number of aryl methyl sites for hydroxylation is 2. The molecule has 0 atom stereocenters. The van der Waals surface area contributed by atoms with Crippen LogP contribution in [0.2, 0.25) is 0 Å². The Labute approximate surface area is 135 Å². The molecule has 0 spiro atoms. The molecule has 0 bridgehead atoms. The third-order valence-corrected chi connectivity index (χ3v) is 5.58. The molecule has 1 aliphatic heterocycles. The van der Waals surface area contributed by atoms with Crippen molar-refractivity contribution in [2.24, 2.45) is 5.92 Å². The van der Waals surface area contributed by atoms with Crippen LogP contribution in [0.25, 0.3) is 10.2 Å². The molecule has 120 valence electrons. The van der Waals surface area contributed by atoms with E-state index in [9.17, 15) is 4.79 Å². The van der Waals surface area contributed by atoms with Crippen molar-refractivity contribution in [1.82, 2.24) is 14.5 Å². The Morgan fingerprint density at radius 1 is 1.23 bits per heavy atom. The molecule has 4 nitrogen and oxygen atoms in total. The largest absolute Gasteiger partial charge is 0.296 e. The van der Waals surface area contributed by atoms with Crippen LogP contribution in [-0.2, 0) is 13.1 Å². The van der Waals surface area contributed by atoms with Gasteiger partial charge in [0.25, 0.3) is 5.56 Å². The summed E-state index contributed by atoms with van der Waals surface area (Å²) in [6.07, 6.45) is 2.52.